The van der Waals surface area contributed by atoms with E-state index in [0.29, 0.717) is 11.4 Å². The predicted octanol–water partition coefficient (Wildman–Crippen LogP) is 1.61. The number of nitro benzene ring substituents is 1. The summed E-state index contributed by atoms with van der Waals surface area (Å²) >= 11 is 0. The molecule has 0 aliphatic rings. The van der Waals surface area contributed by atoms with Crippen LogP contribution in [0.15, 0.2) is 48.5 Å². The fourth-order valence-corrected chi connectivity index (χ4v) is 2.36. The standard InChI is InChI=1S/C20H20N4O8/c1-12(21-18(26)13-4-3-5-15(10-13)24(29)30)19(27)32-11-17(25)23-20(28)22-14-6-8-16(31-2)9-7-14/h3-10,12H,11H2,1-2H3,(H,21,26)(H2,22,23,25,28). The number of methoxy groups -OCH3 is 1. The smallest absolute Gasteiger partial charge is 0.328 e. The van der Waals surface area contributed by atoms with Crippen LogP contribution in [0, 0.1) is 10.1 Å². The molecular weight excluding hydrogens is 424 g/mol. The molecule has 2 aromatic carbocycles. The number of carbonyl (C=O) groups excluding carboxylic acids is 4. The molecule has 12 heteroatoms. The van der Waals surface area contributed by atoms with Crippen molar-refractivity contribution >= 4 is 35.2 Å². The Morgan fingerprint density at radius 3 is 2.41 bits per heavy atom. The SMILES string of the molecule is COc1ccc(NC(=O)NC(=O)COC(=O)C(C)NC(=O)c2cccc([N+](=O)[O-])c2)cc1. The molecule has 2 rings (SSSR count). The van der Waals surface area contributed by atoms with Gasteiger partial charge in [0.15, 0.2) is 6.61 Å². The third kappa shape index (κ3) is 7.09. The van der Waals surface area contributed by atoms with Gasteiger partial charge in [-0.05, 0) is 37.3 Å². The zero-order valence-electron chi connectivity index (χ0n) is 17.1. The number of non-ortho nitro benzene ring substituents is 1. The average Bonchev–Trinajstić information content (AvgIpc) is 2.77. The van der Waals surface area contributed by atoms with E-state index in [1.165, 1.54) is 32.2 Å². The van der Waals surface area contributed by atoms with Crippen molar-refractivity contribution in [3.05, 3.63) is 64.2 Å². The maximum absolute atomic E-state index is 12.2. The van der Waals surface area contributed by atoms with Gasteiger partial charge in [-0.3, -0.25) is 25.0 Å². The predicted molar refractivity (Wildman–Crippen MR) is 111 cm³/mol. The highest BCUT2D eigenvalue weighted by molar-refractivity contribution is 6.02. The minimum atomic E-state index is -1.15. The zero-order valence-corrected chi connectivity index (χ0v) is 17.1. The lowest BCUT2D eigenvalue weighted by molar-refractivity contribution is -0.384. The highest BCUT2D eigenvalue weighted by atomic mass is 16.6. The van der Waals surface area contributed by atoms with Crippen LogP contribution in [0.25, 0.3) is 0 Å². The molecule has 0 saturated heterocycles. The van der Waals surface area contributed by atoms with Crippen molar-refractivity contribution in [2.75, 3.05) is 19.0 Å². The minimum Gasteiger partial charge on any atom is -0.497 e. The molecule has 2 aromatic rings. The van der Waals surface area contributed by atoms with Crippen LogP contribution in [-0.4, -0.2) is 48.5 Å². The van der Waals surface area contributed by atoms with Crippen molar-refractivity contribution in [3.63, 3.8) is 0 Å². The first kappa shape index (κ1) is 23.8. The maximum atomic E-state index is 12.2. The summed E-state index contributed by atoms with van der Waals surface area (Å²) in [6, 6.07) is 9.33. The van der Waals surface area contributed by atoms with Crippen molar-refractivity contribution < 1.29 is 33.6 Å². The van der Waals surface area contributed by atoms with Gasteiger partial charge in [0, 0.05) is 23.4 Å². The molecule has 3 N–H and O–H groups in total. The lowest BCUT2D eigenvalue weighted by Crippen LogP contribution is -2.42. The largest absolute Gasteiger partial charge is 0.497 e. The molecule has 0 saturated carbocycles. The van der Waals surface area contributed by atoms with Crippen molar-refractivity contribution in [2.45, 2.75) is 13.0 Å². The normalized spacial score (nSPS) is 10.9. The Hall–Kier alpha value is -4.48. The molecule has 32 heavy (non-hydrogen) atoms. The summed E-state index contributed by atoms with van der Waals surface area (Å²) in [6.07, 6.45) is 0. The molecule has 0 aliphatic heterocycles. The Morgan fingerprint density at radius 2 is 1.78 bits per heavy atom. The number of anilines is 1. The second-order valence-electron chi connectivity index (χ2n) is 6.34. The number of ether oxygens (including phenoxy) is 2. The van der Waals surface area contributed by atoms with Crippen LogP contribution in [0.5, 0.6) is 5.75 Å². The molecule has 0 radical (unpaired) electrons. The molecule has 4 amide bonds. The van der Waals surface area contributed by atoms with Crippen LogP contribution >= 0.6 is 0 Å². The first-order chi connectivity index (χ1) is 15.2. The number of nitro groups is 1. The first-order valence-corrected chi connectivity index (χ1v) is 9.16. The second kappa shape index (κ2) is 11.1. The van der Waals surface area contributed by atoms with Crippen LogP contribution in [-0.2, 0) is 14.3 Å². The van der Waals surface area contributed by atoms with E-state index in [0.717, 1.165) is 6.07 Å². The van der Waals surface area contributed by atoms with Crippen LogP contribution in [0.3, 0.4) is 0 Å². The van der Waals surface area contributed by atoms with Gasteiger partial charge in [-0.15, -0.1) is 0 Å². The van der Waals surface area contributed by atoms with E-state index in [4.69, 9.17) is 9.47 Å². The number of imide groups is 1. The Balaban J connectivity index is 1.78. The van der Waals surface area contributed by atoms with E-state index in [9.17, 15) is 29.3 Å². The number of benzene rings is 2. The lowest BCUT2D eigenvalue weighted by Gasteiger charge is -2.13. The molecule has 0 aliphatic carbocycles. The summed E-state index contributed by atoms with van der Waals surface area (Å²) in [7, 11) is 1.50. The van der Waals surface area contributed by atoms with E-state index >= 15 is 0 Å². The Morgan fingerprint density at radius 1 is 1.09 bits per heavy atom. The number of carbonyl (C=O) groups is 4. The zero-order chi connectivity index (χ0) is 23.7. The molecular formula is C20H20N4O8. The van der Waals surface area contributed by atoms with Crippen LogP contribution < -0.4 is 20.7 Å². The molecule has 0 fully saturated rings. The van der Waals surface area contributed by atoms with E-state index < -0.39 is 41.4 Å². The number of hydrogen-bond acceptors (Lipinski definition) is 8. The fraction of sp³-hybridized carbons (Fsp3) is 0.200. The number of esters is 1. The number of nitrogens with one attached hydrogen (secondary N) is 3. The van der Waals surface area contributed by atoms with Crippen LogP contribution in [0.1, 0.15) is 17.3 Å². The number of rotatable bonds is 8. The molecule has 0 aromatic heterocycles. The molecule has 0 bridgehead atoms. The van der Waals surface area contributed by atoms with Crippen LogP contribution in [0.4, 0.5) is 16.2 Å². The minimum absolute atomic E-state index is 0.0215. The maximum Gasteiger partial charge on any atom is 0.328 e. The van der Waals surface area contributed by atoms with Gasteiger partial charge in [0.1, 0.15) is 11.8 Å². The van der Waals surface area contributed by atoms with E-state index in [-0.39, 0.29) is 11.3 Å². The van der Waals surface area contributed by atoms with E-state index in [1.54, 1.807) is 24.3 Å². The van der Waals surface area contributed by atoms with Gasteiger partial charge in [0.25, 0.3) is 17.5 Å². The van der Waals surface area contributed by atoms with Gasteiger partial charge >= 0.3 is 12.0 Å². The van der Waals surface area contributed by atoms with Crippen molar-refractivity contribution in [1.82, 2.24) is 10.6 Å². The Labute approximate surface area is 182 Å². The molecule has 1 atom stereocenters. The van der Waals surface area contributed by atoms with Crippen molar-refractivity contribution in [2.24, 2.45) is 0 Å². The number of urea groups is 1. The molecule has 0 heterocycles. The van der Waals surface area contributed by atoms with E-state index in [1.807, 2.05) is 5.32 Å². The van der Waals surface area contributed by atoms with Gasteiger partial charge in [0.05, 0.1) is 12.0 Å². The summed E-state index contributed by atoms with van der Waals surface area (Å²) in [5, 5.41) is 17.5. The van der Waals surface area contributed by atoms with Gasteiger partial charge in [-0.25, -0.2) is 9.59 Å². The Bertz CT molecular complexity index is 1020. The molecule has 12 nitrogen and oxygen atoms in total. The number of nitrogens with zero attached hydrogens (tertiary/aromatic N) is 1. The first-order valence-electron chi connectivity index (χ1n) is 9.16. The van der Waals surface area contributed by atoms with Crippen molar-refractivity contribution in [3.8, 4) is 5.75 Å². The van der Waals surface area contributed by atoms with Gasteiger partial charge in [0.2, 0.25) is 0 Å². The summed E-state index contributed by atoms with van der Waals surface area (Å²) < 4.78 is 9.77. The van der Waals surface area contributed by atoms with Gasteiger partial charge in [-0.1, -0.05) is 6.07 Å². The fourth-order valence-electron chi connectivity index (χ4n) is 2.36. The third-order valence-electron chi connectivity index (χ3n) is 3.97. The lowest BCUT2D eigenvalue weighted by atomic mass is 10.2. The molecule has 0 spiro atoms. The monoisotopic (exact) mass is 444 g/mol. The molecule has 1 unspecified atom stereocenters. The summed E-state index contributed by atoms with van der Waals surface area (Å²) in [4.78, 5) is 57.9. The number of hydrogen-bond donors (Lipinski definition) is 3. The van der Waals surface area contributed by atoms with Gasteiger partial charge < -0.3 is 20.1 Å². The van der Waals surface area contributed by atoms with Crippen molar-refractivity contribution in [1.29, 1.82) is 0 Å². The third-order valence-corrected chi connectivity index (χ3v) is 3.97. The Kier molecular flexibility index (Phi) is 8.22. The average molecular weight is 444 g/mol. The van der Waals surface area contributed by atoms with Gasteiger partial charge in [-0.2, -0.15) is 0 Å². The summed E-state index contributed by atoms with van der Waals surface area (Å²) in [5.41, 5.74) is 0.106. The second-order valence-corrected chi connectivity index (χ2v) is 6.34. The summed E-state index contributed by atoms with van der Waals surface area (Å²) in [5.74, 6) is -1.97. The summed E-state index contributed by atoms with van der Waals surface area (Å²) in [6.45, 7) is 0.553. The highest BCUT2D eigenvalue weighted by Gasteiger charge is 2.20. The highest BCUT2D eigenvalue weighted by Crippen LogP contribution is 2.15. The topological polar surface area (TPSA) is 166 Å². The quantitative estimate of drug-likeness (QED) is 0.314. The molecule has 168 valence electrons. The van der Waals surface area contributed by atoms with Crippen LogP contribution in [0.2, 0.25) is 0 Å². The number of amides is 4. The van der Waals surface area contributed by atoms with E-state index in [2.05, 4.69) is 10.6 Å².